The van der Waals surface area contributed by atoms with E-state index in [-0.39, 0.29) is 0 Å². The van der Waals surface area contributed by atoms with E-state index < -0.39 is 16.1 Å². The summed E-state index contributed by atoms with van der Waals surface area (Å²) in [5.74, 6) is 0. The highest BCUT2D eigenvalue weighted by Gasteiger charge is 2.20. The Morgan fingerprint density at radius 2 is 0.441 bits per heavy atom. The second kappa shape index (κ2) is 23.8. The highest BCUT2D eigenvalue weighted by molar-refractivity contribution is 6.77. The second-order valence-corrected chi connectivity index (χ2v) is 24.1. The monoisotopic (exact) mass is 511 g/mol. The van der Waals surface area contributed by atoms with Crippen LogP contribution in [0.25, 0.3) is 0 Å². The topological polar surface area (TPSA) is 0 Å². The van der Waals surface area contributed by atoms with Crippen LogP contribution in [-0.2, 0) is 0 Å². The zero-order valence-corrected chi connectivity index (χ0v) is 27.4. The van der Waals surface area contributed by atoms with Crippen molar-refractivity contribution in [1.82, 2.24) is 0 Å². The Bertz CT molecular complexity index is 402. The van der Waals surface area contributed by atoms with E-state index in [0.717, 1.165) is 0 Å². The molecule has 0 aliphatic carbocycles. The summed E-state index contributed by atoms with van der Waals surface area (Å²) >= 11 is 0. The molecule has 0 N–H and O–H groups in total. The summed E-state index contributed by atoms with van der Waals surface area (Å²) in [6.45, 7) is 15.3. The molecule has 34 heavy (non-hydrogen) atoms. The van der Waals surface area contributed by atoms with Crippen LogP contribution in [0.5, 0.6) is 0 Å². The molecule has 0 saturated heterocycles. The maximum Gasteiger partial charge on any atom is 0.0473 e. The molecular formula is C32H70Si2. The molecular weight excluding hydrogens is 441 g/mol. The second-order valence-electron chi connectivity index (χ2n) is 13.4. The van der Waals surface area contributed by atoms with Gasteiger partial charge in [-0.3, -0.25) is 0 Å². The SMILES string of the molecule is CCCCCCCCCCC[Si](C)(C)CCCCCCCC[Si](C)(C)CCCCCCCCC. The third kappa shape index (κ3) is 25.5. The first-order chi connectivity index (χ1) is 16.3. The Balaban J connectivity index is 3.50. The maximum atomic E-state index is 2.66. The van der Waals surface area contributed by atoms with Crippen molar-refractivity contribution in [2.75, 3.05) is 0 Å². The van der Waals surface area contributed by atoms with Gasteiger partial charge in [0.05, 0.1) is 0 Å². The molecule has 0 atom stereocenters. The average molecular weight is 511 g/mol. The summed E-state index contributed by atoms with van der Waals surface area (Å²) < 4.78 is 0. The smallest absolute Gasteiger partial charge is 0.0473 e. The van der Waals surface area contributed by atoms with Gasteiger partial charge in [-0.25, -0.2) is 0 Å². The predicted molar refractivity (Wildman–Crippen MR) is 167 cm³/mol. The summed E-state index contributed by atoms with van der Waals surface area (Å²) in [4.78, 5) is 0. The molecule has 0 aromatic carbocycles. The lowest BCUT2D eigenvalue weighted by Gasteiger charge is -2.23. The van der Waals surface area contributed by atoms with Gasteiger partial charge in [-0.15, -0.1) is 0 Å². The maximum absolute atomic E-state index is 2.66. The normalized spacial score (nSPS) is 12.5. The van der Waals surface area contributed by atoms with E-state index in [1.54, 1.807) is 24.2 Å². The number of unbranched alkanes of at least 4 members (excludes halogenated alkanes) is 19. The van der Waals surface area contributed by atoms with Gasteiger partial charge in [-0.1, -0.05) is 205 Å². The molecule has 0 aliphatic rings. The van der Waals surface area contributed by atoms with Gasteiger partial charge in [0.15, 0.2) is 0 Å². The summed E-state index contributed by atoms with van der Waals surface area (Å²) in [5, 5.41) is 0. The number of hydrogen-bond donors (Lipinski definition) is 0. The van der Waals surface area contributed by atoms with E-state index in [1.807, 2.05) is 0 Å². The Hall–Kier alpha value is 0.434. The minimum atomic E-state index is -0.910. The molecule has 0 aromatic rings. The van der Waals surface area contributed by atoms with Crippen molar-refractivity contribution >= 4 is 16.1 Å². The largest absolute Gasteiger partial charge is 0.0693 e. The third-order valence-corrected chi connectivity index (χ3v) is 15.2. The molecule has 2 heteroatoms. The van der Waals surface area contributed by atoms with Crippen molar-refractivity contribution in [1.29, 1.82) is 0 Å². The van der Waals surface area contributed by atoms with Gasteiger partial charge < -0.3 is 0 Å². The summed E-state index contributed by atoms with van der Waals surface area (Å²) in [7, 11) is -1.81. The summed E-state index contributed by atoms with van der Waals surface area (Å²) in [6.07, 6.45) is 32.6. The quantitative estimate of drug-likeness (QED) is 0.0761. The van der Waals surface area contributed by atoms with Gasteiger partial charge in [-0.2, -0.15) is 0 Å². The van der Waals surface area contributed by atoms with E-state index in [1.165, 1.54) is 141 Å². The van der Waals surface area contributed by atoms with Gasteiger partial charge in [0.25, 0.3) is 0 Å². The Kier molecular flexibility index (Phi) is 24.1. The lowest BCUT2D eigenvalue weighted by atomic mass is 10.1. The number of hydrogen-bond acceptors (Lipinski definition) is 0. The first kappa shape index (κ1) is 34.4. The van der Waals surface area contributed by atoms with Crippen LogP contribution in [-0.4, -0.2) is 16.1 Å². The zero-order valence-electron chi connectivity index (χ0n) is 25.4. The first-order valence-electron chi connectivity index (χ1n) is 16.3. The lowest BCUT2D eigenvalue weighted by molar-refractivity contribution is 0.571. The van der Waals surface area contributed by atoms with E-state index in [9.17, 15) is 0 Å². The zero-order chi connectivity index (χ0) is 25.4. The molecule has 0 saturated carbocycles. The molecule has 0 bridgehead atoms. The molecule has 0 rings (SSSR count). The molecule has 0 spiro atoms. The molecule has 206 valence electrons. The molecule has 0 aromatic heterocycles. The summed E-state index contributed by atoms with van der Waals surface area (Å²) in [6, 6.07) is 6.34. The third-order valence-electron chi connectivity index (χ3n) is 8.37. The van der Waals surface area contributed by atoms with Crippen molar-refractivity contribution in [3.8, 4) is 0 Å². The minimum absolute atomic E-state index is 0.903. The Labute approximate surface area is 221 Å². The van der Waals surface area contributed by atoms with Crippen LogP contribution in [0.15, 0.2) is 0 Å². The van der Waals surface area contributed by atoms with E-state index in [2.05, 4.69) is 40.0 Å². The van der Waals surface area contributed by atoms with Gasteiger partial charge in [0.2, 0.25) is 0 Å². The lowest BCUT2D eigenvalue weighted by Crippen LogP contribution is -2.24. The van der Waals surface area contributed by atoms with Crippen LogP contribution < -0.4 is 0 Å². The van der Waals surface area contributed by atoms with Crippen molar-refractivity contribution in [3.63, 3.8) is 0 Å². The standard InChI is InChI=1S/C32H70Si2/c1-7-9-11-13-15-16-18-22-26-30-34(5,6)32-28-24-20-19-23-27-31-33(3,4)29-25-21-17-14-12-10-8-2/h7-32H2,1-6H3. The molecule has 0 aliphatic heterocycles. The van der Waals surface area contributed by atoms with Crippen LogP contribution >= 0.6 is 0 Å². The van der Waals surface area contributed by atoms with E-state index in [0.29, 0.717) is 0 Å². The predicted octanol–water partition coefficient (Wildman–Crippen LogP) is 13.0. The van der Waals surface area contributed by atoms with Gasteiger partial charge in [0, 0.05) is 16.1 Å². The molecule has 0 radical (unpaired) electrons. The van der Waals surface area contributed by atoms with Gasteiger partial charge in [0.1, 0.15) is 0 Å². The molecule has 0 fully saturated rings. The van der Waals surface area contributed by atoms with Crippen molar-refractivity contribution < 1.29 is 0 Å². The fraction of sp³-hybridized carbons (Fsp3) is 1.00. The molecule has 0 unspecified atom stereocenters. The molecule has 0 nitrogen and oxygen atoms in total. The number of rotatable bonds is 27. The van der Waals surface area contributed by atoms with Crippen LogP contribution in [0, 0.1) is 0 Å². The van der Waals surface area contributed by atoms with Crippen LogP contribution in [0.3, 0.4) is 0 Å². The Morgan fingerprint density at radius 1 is 0.265 bits per heavy atom. The average Bonchev–Trinajstić information content (AvgIpc) is 2.79. The van der Waals surface area contributed by atoms with Gasteiger partial charge in [-0.05, 0) is 0 Å². The molecule has 0 amide bonds. The van der Waals surface area contributed by atoms with Crippen molar-refractivity contribution in [2.45, 2.75) is 205 Å². The van der Waals surface area contributed by atoms with Crippen molar-refractivity contribution in [3.05, 3.63) is 0 Å². The minimum Gasteiger partial charge on any atom is -0.0693 e. The fourth-order valence-corrected chi connectivity index (χ4v) is 11.0. The Morgan fingerprint density at radius 3 is 0.647 bits per heavy atom. The van der Waals surface area contributed by atoms with Crippen LogP contribution in [0.4, 0.5) is 0 Å². The highest BCUT2D eigenvalue weighted by Crippen LogP contribution is 2.25. The van der Waals surface area contributed by atoms with Crippen LogP contribution in [0.1, 0.15) is 155 Å². The van der Waals surface area contributed by atoms with E-state index in [4.69, 9.17) is 0 Å². The van der Waals surface area contributed by atoms with E-state index >= 15 is 0 Å². The highest BCUT2D eigenvalue weighted by atomic mass is 28.3. The van der Waals surface area contributed by atoms with Crippen LogP contribution in [0.2, 0.25) is 50.4 Å². The van der Waals surface area contributed by atoms with Gasteiger partial charge >= 0.3 is 0 Å². The summed E-state index contributed by atoms with van der Waals surface area (Å²) in [5.41, 5.74) is 0. The van der Waals surface area contributed by atoms with Crippen molar-refractivity contribution in [2.24, 2.45) is 0 Å². The first-order valence-corrected chi connectivity index (χ1v) is 23.2. The molecule has 0 heterocycles. The fourth-order valence-electron chi connectivity index (χ4n) is 5.64.